The van der Waals surface area contributed by atoms with E-state index >= 15 is 0 Å². The fraction of sp³-hybridized carbons (Fsp3) is 0.190. The van der Waals surface area contributed by atoms with Crippen molar-refractivity contribution in [2.75, 3.05) is 5.75 Å². The van der Waals surface area contributed by atoms with Crippen molar-refractivity contribution in [3.8, 4) is 5.88 Å². The number of nitrogens with zero attached hydrogens (tertiary/aromatic N) is 2. The van der Waals surface area contributed by atoms with Crippen LogP contribution in [-0.4, -0.2) is 21.6 Å². The first kappa shape index (κ1) is 18.9. The second kappa shape index (κ2) is 10.3. The molecule has 3 aromatic rings. The van der Waals surface area contributed by atoms with E-state index in [1.807, 2.05) is 60.7 Å². The summed E-state index contributed by atoms with van der Waals surface area (Å²) in [6, 6.07) is 19.4. The Morgan fingerprint density at radius 1 is 0.963 bits per heavy atom. The number of amides is 1. The molecule has 3 rings (SSSR count). The average molecular weight is 379 g/mol. The molecular weight excluding hydrogens is 358 g/mol. The maximum absolute atomic E-state index is 12.0. The fourth-order valence-electron chi connectivity index (χ4n) is 2.35. The molecule has 0 fully saturated rings. The number of pyridine rings is 2. The lowest BCUT2D eigenvalue weighted by Gasteiger charge is -2.08. The molecule has 0 unspecified atom stereocenters. The van der Waals surface area contributed by atoms with Crippen LogP contribution < -0.4 is 10.1 Å². The summed E-state index contributed by atoms with van der Waals surface area (Å²) in [5.74, 6) is 1.68. The van der Waals surface area contributed by atoms with E-state index in [1.54, 1.807) is 24.2 Å². The first-order chi connectivity index (χ1) is 13.3. The van der Waals surface area contributed by atoms with E-state index in [1.165, 1.54) is 0 Å². The van der Waals surface area contributed by atoms with Crippen LogP contribution in [0.15, 0.2) is 73.1 Å². The normalized spacial score (nSPS) is 10.4. The van der Waals surface area contributed by atoms with E-state index in [0.717, 1.165) is 22.6 Å². The van der Waals surface area contributed by atoms with Gasteiger partial charge in [-0.1, -0.05) is 36.4 Å². The van der Waals surface area contributed by atoms with Crippen LogP contribution in [0.3, 0.4) is 0 Å². The van der Waals surface area contributed by atoms with Gasteiger partial charge in [-0.2, -0.15) is 0 Å². The number of carbonyl (C=O) groups is 1. The standard InChI is InChI=1S/C21H21N3O2S/c25-20(16-27-15-19-8-4-5-10-22-19)24-13-18-9-11-23-21(12-18)26-14-17-6-2-1-3-7-17/h1-12H,13-16H2,(H,24,25). The van der Waals surface area contributed by atoms with Gasteiger partial charge < -0.3 is 10.1 Å². The molecule has 0 aliphatic carbocycles. The van der Waals surface area contributed by atoms with Gasteiger partial charge in [0.05, 0.1) is 11.4 Å². The molecule has 0 radical (unpaired) electrons. The predicted octanol–water partition coefficient (Wildman–Crippen LogP) is 3.61. The van der Waals surface area contributed by atoms with Crippen LogP contribution in [0, 0.1) is 0 Å². The van der Waals surface area contributed by atoms with Crippen molar-refractivity contribution in [2.45, 2.75) is 18.9 Å². The quantitative estimate of drug-likeness (QED) is 0.615. The Hall–Kier alpha value is -2.86. The Bertz CT molecular complexity index is 844. The van der Waals surface area contributed by atoms with Crippen LogP contribution in [0.1, 0.15) is 16.8 Å². The number of thioether (sulfide) groups is 1. The smallest absolute Gasteiger partial charge is 0.230 e. The number of nitrogens with one attached hydrogen (secondary N) is 1. The highest BCUT2D eigenvalue weighted by Crippen LogP contribution is 2.12. The lowest BCUT2D eigenvalue weighted by Crippen LogP contribution is -2.24. The molecule has 0 bridgehead atoms. The minimum Gasteiger partial charge on any atom is -0.473 e. The van der Waals surface area contributed by atoms with Crippen molar-refractivity contribution >= 4 is 17.7 Å². The molecule has 1 N–H and O–H groups in total. The van der Waals surface area contributed by atoms with Crippen LogP contribution in [0.25, 0.3) is 0 Å². The van der Waals surface area contributed by atoms with Crippen LogP contribution >= 0.6 is 11.8 Å². The topological polar surface area (TPSA) is 64.1 Å². The number of ether oxygens (including phenoxy) is 1. The summed E-state index contributed by atoms with van der Waals surface area (Å²) < 4.78 is 5.72. The third-order valence-corrected chi connectivity index (χ3v) is 4.69. The van der Waals surface area contributed by atoms with Gasteiger partial charge in [0.25, 0.3) is 0 Å². The number of hydrogen-bond donors (Lipinski definition) is 1. The van der Waals surface area contributed by atoms with Gasteiger partial charge in [-0.25, -0.2) is 4.98 Å². The van der Waals surface area contributed by atoms with Gasteiger partial charge >= 0.3 is 0 Å². The van der Waals surface area contributed by atoms with Crippen LogP contribution in [-0.2, 0) is 23.7 Å². The Labute approximate surface area is 163 Å². The monoisotopic (exact) mass is 379 g/mol. The first-order valence-electron chi connectivity index (χ1n) is 8.65. The Kier molecular flexibility index (Phi) is 7.24. The van der Waals surface area contributed by atoms with Gasteiger partial charge in [-0.05, 0) is 29.3 Å². The summed E-state index contributed by atoms with van der Waals surface area (Å²) in [4.78, 5) is 20.5. The number of benzene rings is 1. The molecule has 2 heterocycles. The van der Waals surface area contributed by atoms with Gasteiger partial charge in [-0.3, -0.25) is 9.78 Å². The van der Waals surface area contributed by atoms with Crippen molar-refractivity contribution < 1.29 is 9.53 Å². The summed E-state index contributed by atoms with van der Waals surface area (Å²) in [6.45, 7) is 0.918. The molecule has 2 aromatic heterocycles. The Morgan fingerprint density at radius 2 is 1.81 bits per heavy atom. The predicted molar refractivity (Wildman–Crippen MR) is 107 cm³/mol. The molecule has 0 atom stereocenters. The van der Waals surface area contributed by atoms with E-state index in [2.05, 4.69) is 15.3 Å². The number of carbonyl (C=O) groups excluding carboxylic acids is 1. The molecule has 0 aliphatic rings. The van der Waals surface area contributed by atoms with Gasteiger partial charge in [0.2, 0.25) is 11.8 Å². The van der Waals surface area contributed by atoms with Crippen LogP contribution in [0.2, 0.25) is 0 Å². The van der Waals surface area contributed by atoms with Gasteiger partial charge in [0.1, 0.15) is 6.61 Å². The Balaban J connectivity index is 1.40. The highest BCUT2D eigenvalue weighted by atomic mass is 32.2. The van der Waals surface area contributed by atoms with Crippen molar-refractivity contribution in [2.24, 2.45) is 0 Å². The second-order valence-electron chi connectivity index (χ2n) is 5.87. The van der Waals surface area contributed by atoms with E-state index in [0.29, 0.717) is 24.8 Å². The minimum atomic E-state index is -0.000465. The zero-order valence-corrected chi connectivity index (χ0v) is 15.7. The third kappa shape index (κ3) is 6.75. The van der Waals surface area contributed by atoms with Crippen LogP contribution in [0.4, 0.5) is 0 Å². The molecule has 0 spiro atoms. The first-order valence-corrected chi connectivity index (χ1v) is 9.81. The minimum absolute atomic E-state index is 0.000465. The highest BCUT2D eigenvalue weighted by Gasteiger charge is 2.04. The van der Waals surface area contributed by atoms with Crippen molar-refractivity contribution in [3.63, 3.8) is 0 Å². The van der Waals surface area contributed by atoms with Crippen molar-refractivity contribution in [1.29, 1.82) is 0 Å². The number of hydrogen-bond acceptors (Lipinski definition) is 5. The summed E-state index contributed by atoms with van der Waals surface area (Å²) >= 11 is 1.55. The van der Waals surface area contributed by atoms with E-state index < -0.39 is 0 Å². The van der Waals surface area contributed by atoms with E-state index in [-0.39, 0.29) is 5.91 Å². The molecule has 5 nitrogen and oxygen atoms in total. The molecule has 1 aromatic carbocycles. The van der Waals surface area contributed by atoms with Crippen molar-refractivity contribution in [3.05, 3.63) is 89.9 Å². The number of aromatic nitrogens is 2. The molecular formula is C21H21N3O2S. The van der Waals surface area contributed by atoms with Gasteiger partial charge in [0.15, 0.2) is 0 Å². The lowest BCUT2D eigenvalue weighted by molar-refractivity contribution is -0.118. The maximum atomic E-state index is 12.0. The SMILES string of the molecule is O=C(CSCc1ccccn1)NCc1ccnc(OCc2ccccc2)c1. The largest absolute Gasteiger partial charge is 0.473 e. The van der Waals surface area contributed by atoms with E-state index in [9.17, 15) is 4.79 Å². The summed E-state index contributed by atoms with van der Waals surface area (Å²) in [5, 5.41) is 2.92. The number of rotatable bonds is 9. The van der Waals surface area contributed by atoms with Crippen LogP contribution in [0.5, 0.6) is 5.88 Å². The Morgan fingerprint density at radius 3 is 2.63 bits per heavy atom. The third-order valence-electron chi connectivity index (χ3n) is 3.73. The molecule has 0 aliphatic heterocycles. The average Bonchev–Trinajstić information content (AvgIpc) is 2.73. The van der Waals surface area contributed by atoms with Gasteiger partial charge in [0, 0.05) is 30.8 Å². The summed E-state index contributed by atoms with van der Waals surface area (Å²) in [7, 11) is 0. The van der Waals surface area contributed by atoms with Gasteiger partial charge in [-0.15, -0.1) is 11.8 Å². The molecule has 1 amide bonds. The maximum Gasteiger partial charge on any atom is 0.230 e. The zero-order chi connectivity index (χ0) is 18.7. The second-order valence-corrected chi connectivity index (χ2v) is 6.85. The van der Waals surface area contributed by atoms with E-state index in [4.69, 9.17) is 4.74 Å². The lowest BCUT2D eigenvalue weighted by atomic mass is 10.2. The fourth-order valence-corrected chi connectivity index (χ4v) is 3.12. The molecule has 27 heavy (non-hydrogen) atoms. The summed E-state index contributed by atoms with van der Waals surface area (Å²) in [5.41, 5.74) is 3.02. The molecule has 138 valence electrons. The van der Waals surface area contributed by atoms with Crippen molar-refractivity contribution in [1.82, 2.24) is 15.3 Å². The molecule has 6 heteroatoms. The molecule has 0 saturated carbocycles. The highest BCUT2D eigenvalue weighted by molar-refractivity contribution is 7.99. The summed E-state index contributed by atoms with van der Waals surface area (Å²) in [6.07, 6.45) is 3.45. The zero-order valence-electron chi connectivity index (χ0n) is 14.9. The molecule has 0 saturated heterocycles.